The van der Waals surface area contributed by atoms with Gasteiger partial charge in [0.1, 0.15) is 6.10 Å². The van der Waals surface area contributed by atoms with Crippen molar-refractivity contribution in [1.82, 2.24) is 0 Å². The third kappa shape index (κ3) is 3.04. The minimum absolute atomic E-state index is 0.0517. The summed E-state index contributed by atoms with van der Waals surface area (Å²) in [6.45, 7) is 5.85. The molecule has 1 aliphatic rings. The van der Waals surface area contributed by atoms with Gasteiger partial charge in [0.05, 0.1) is 19.8 Å². The first-order valence-corrected chi connectivity index (χ1v) is 5.65. The minimum atomic E-state index is -0.0988. The molecule has 16 heavy (non-hydrogen) atoms. The molecule has 3 nitrogen and oxygen atoms in total. The molecule has 1 saturated heterocycles. The Morgan fingerprint density at radius 3 is 2.62 bits per heavy atom. The summed E-state index contributed by atoms with van der Waals surface area (Å²) in [6, 6.07) is 8.24. The summed E-state index contributed by atoms with van der Waals surface area (Å²) in [6.07, 6.45) is -0.0471. The van der Waals surface area contributed by atoms with E-state index in [1.54, 1.807) is 0 Å². The number of hydrogen-bond acceptors (Lipinski definition) is 3. The molecule has 0 saturated carbocycles. The van der Waals surface area contributed by atoms with E-state index in [9.17, 15) is 0 Å². The van der Waals surface area contributed by atoms with Gasteiger partial charge in [-0.3, -0.25) is 0 Å². The van der Waals surface area contributed by atoms with Crippen molar-refractivity contribution in [3.8, 4) is 0 Å². The van der Waals surface area contributed by atoms with Crippen LogP contribution in [0.3, 0.4) is 0 Å². The molecule has 3 heteroatoms. The first kappa shape index (κ1) is 11.6. The third-order valence-corrected chi connectivity index (χ3v) is 2.77. The van der Waals surface area contributed by atoms with Crippen molar-refractivity contribution in [2.75, 3.05) is 13.2 Å². The molecule has 0 atom stereocenters. The molecule has 0 spiro atoms. The quantitative estimate of drug-likeness (QED) is 0.785. The first-order chi connectivity index (χ1) is 7.75. The summed E-state index contributed by atoms with van der Waals surface area (Å²) in [7, 11) is 0. The molecule has 1 aromatic carbocycles. The number of aryl methyl sites for hydroxylation is 1. The van der Waals surface area contributed by atoms with Gasteiger partial charge in [0.15, 0.2) is 6.29 Å². The third-order valence-electron chi connectivity index (χ3n) is 2.77. The number of benzene rings is 1. The van der Waals surface area contributed by atoms with Crippen molar-refractivity contribution >= 4 is 0 Å². The monoisotopic (exact) mass is 222 g/mol. The van der Waals surface area contributed by atoms with Crippen molar-refractivity contribution in [1.29, 1.82) is 0 Å². The van der Waals surface area contributed by atoms with Crippen molar-refractivity contribution in [2.24, 2.45) is 0 Å². The van der Waals surface area contributed by atoms with Crippen LogP contribution < -0.4 is 0 Å². The summed E-state index contributed by atoms with van der Waals surface area (Å²) in [5.41, 5.74) is 2.48. The molecule has 1 aromatic rings. The van der Waals surface area contributed by atoms with Gasteiger partial charge in [-0.1, -0.05) is 24.3 Å². The van der Waals surface area contributed by atoms with Gasteiger partial charge in [-0.25, -0.2) is 0 Å². The Balaban J connectivity index is 1.81. The maximum atomic E-state index is 5.75. The Labute approximate surface area is 96.3 Å². The van der Waals surface area contributed by atoms with Gasteiger partial charge >= 0.3 is 0 Å². The van der Waals surface area contributed by atoms with Crippen LogP contribution in [0.1, 0.15) is 18.1 Å². The summed E-state index contributed by atoms with van der Waals surface area (Å²) < 4.78 is 16.5. The Hall–Kier alpha value is -0.900. The van der Waals surface area contributed by atoms with Crippen molar-refractivity contribution < 1.29 is 14.2 Å². The fraction of sp³-hybridized carbons (Fsp3) is 0.538. The maximum absolute atomic E-state index is 5.75. The van der Waals surface area contributed by atoms with Gasteiger partial charge in [0.25, 0.3) is 0 Å². The second-order valence-corrected chi connectivity index (χ2v) is 4.09. The molecule has 1 fully saturated rings. The highest BCUT2D eigenvalue weighted by atomic mass is 16.7. The normalized spacial score (nSPS) is 25.6. The molecule has 0 amide bonds. The van der Waals surface area contributed by atoms with Crippen molar-refractivity contribution in [3.05, 3.63) is 35.4 Å². The fourth-order valence-electron chi connectivity index (χ4n) is 1.66. The van der Waals surface area contributed by atoms with E-state index in [1.165, 1.54) is 11.1 Å². The molecule has 0 radical (unpaired) electrons. The van der Waals surface area contributed by atoms with E-state index in [2.05, 4.69) is 19.1 Å². The SMILES string of the molecule is Cc1ccccc1COC1COC(C)OC1. The summed E-state index contributed by atoms with van der Waals surface area (Å²) >= 11 is 0. The van der Waals surface area contributed by atoms with Crippen molar-refractivity contribution in [2.45, 2.75) is 32.8 Å². The van der Waals surface area contributed by atoms with Gasteiger partial charge < -0.3 is 14.2 Å². The zero-order chi connectivity index (χ0) is 11.4. The van der Waals surface area contributed by atoms with E-state index in [0.29, 0.717) is 19.8 Å². The lowest BCUT2D eigenvalue weighted by Gasteiger charge is -2.27. The predicted octanol–water partition coefficient (Wildman–Crippen LogP) is 2.27. The zero-order valence-electron chi connectivity index (χ0n) is 9.81. The van der Waals surface area contributed by atoms with Crippen LogP contribution in [0.15, 0.2) is 24.3 Å². The van der Waals surface area contributed by atoms with Crippen LogP contribution in [0, 0.1) is 6.92 Å². The molecule has 0 unspecified atom stereocenters. The van der Waals surface area contributed by atoms with E-state index in [0.717, 1.165) is 0 Å². The Morgan fingerprint density at radius 2 is 1.94 bits per heavy atom. The number of ether oxygens (including phenoxy) is 3. The summed E-state index contributed by atoms with van der Waals surface area (Å²) in [5, 5.41) is 0. The summed E-state index contributed by atoms with van der Waals surface area (Å²) in [4.78, 5) is 0. The van der Waals surface area contributed by atoms with E-state index < -0.39 is 0 Å². The summed E-state index contributed by atoms with van der Waals surface area (Å²) in [5.74, 6) is 0. The van der Waals surface area contributed by atoms with Gasteiger partial charge in [0, 0.05) is 0 Å². The van der Waals surface area contributed by atoms with Crippen LogP contribution in [0.4, 0.5) is 0 Å². The predicted molar refractivity (Wildman–Crippen MR) is 61.1 cm³/mol. The van der Waals surface area contributed by atoms with Crippen molar-refractivity contribution in [3.63, 3.8) is 0 Å². The lowest BCUT2D eigenvalue weighted by atomic mass is 10.1. The average Bonchev–Trinajstić information content (AvgIpc) is 2.30. The highest BCUT2D eigenvalue weighted by Crippen LogP contribution is 2.13. The Morgan fingerprint density at radius 1 is 1.25 bits per heavy atom. The number of rotatable bonds is 3. The van der Waals surface area contributed by atoms with Crippen LogP contribution in [0.25, 0.3) is 0 Å². The standard InChI is InChI=1S/C13H18O3/c1-10-5-3-4-6-12(10)7-16-13-8-14-11(2)15-9-13/h3-6,11,13H,7-9H2,1-2H3. The van der Waals surface area contributed by atoms with Crippen LogP contribution in [0.2, 0.25) is 0 Å². The van der Waals surface area contributed by atoms with Crippen LogP contribution in [0.5, 0.6) is 0 Å². The topological polar surface area (TPSA) is 27.7 Å². The molecular formula is C13H18O3. The highest BCUT2D eigenvalue weighted by molar-refractivity contribution is 5.24. The Bertz CT molecular complexity index is 330. The maximum Gasteiger partial charge on any atom is 0.155 e. The minimum Gasteiger partial charge on any atom is -0.369 e. The van der Waals surface area contributed by atoms with Gasteiger partial charge in [-0.2, -0.15) is 0 Å². The fourth-order valence-corrected chi connectivity index (χ4v) is 1.66. The van der Waals surface area contributed by atoms with Gasteiger partial charge in [-0.15, -0.1) is 0 Å². The van der Waals surface area contributed by atoms with Gasteiger partial charge in [0.2, 0.25) is 0 Å². The van der Waals surface area contributed by atoms with Gasteiger partial charge in [-0.05, 0) is 25.0 Å². The highest BCUT2D eigenvalue weighted by Gasteiger charge is 2.19. The molecule has 88 valence electrons. The van der Waals surface area contributed by atoms with E-state index >= 15 is 0 Å². The van der Waals surface area contributed by atoms with E-state index in [1.807, 2.05) is 19.1 Å². The Kier molecular flexibility index (Phi) is 3.93. The lowest BCUT2D eigenvalue weighted by molar-refractivity contribution is -0.220. The second kappa shape index (κ2) is 5.43. The molecule has 2 rings (SSSR count). The van der Waals surface area contributed by atoms with E-state index in [-0.39, 0.29) is 12.4 Å². The van der Waals surface area contributed by atoms with E-state index in [4.69, 9.17) is 14.2 Å². The second-order valence-electron chi connectivity index (χ2n) is 4.09. The average molecular weight is 222 g/mol. The molecule has 0 aromatic heterocycles. The largest absolute Gasteiger partial charge is 0.369 e. The molecule has 0 bridgehead atoms. The zero-order valence-corrected chi connectivity index (χ0v) is 9.81. The molecule has 1 heterocycles. The molecule has 1 aliphatic heterocycles. The lowest BCUT2D eigenvalue weighted by Crippen LogP contribution is -2.35. The van der Waals surface area contributed by atoms with Crippen LogP contribution >= 0.6 is 0 Å². The first-order valence-electron chi connectivity index (χ1n) is 5.65. The van der Waals surface area contributed by atoms with Crippen LogP contribution in [-0.2, 0) is 20.8 Å². The number of hydrogen-bond donors (Lipinski definition) is 0. The molecule has 0 aliphatic carbocycles. The molecule has 0 N–H and O–H groups in total. The smallest absolute Gasteiger partial charge is 0.155 e. The molecular weight excluding hydrogens is 204 g/mol. The van der Waals surface area contributed by atoms with Crippen LogP contribution in [-0.4, -0.2) is 25.6 Å².